The molecule has 0 aliphatic carbocycles. The van der Waals surface area contributed by atoms with Crippen LogP contribution in [0.4, 0.5) is 0 Å². The Morgan fingerprint density at radius 2 is 2.12 bits per heavy atom. The van der Waals surface area contributed by atoms with Crippen molar-refractivity contribution < 1.29 is 9.53 Å². The molecule has 0 unspecified atom stereocenters. The predicted octanol–water partition coefficient (Wildman–Crippen LogP) is 1.37. The maximum Gasteiger partial charge on any atom is 0.240 e. The Morgan fingerprint density at radius 1 is 1.35 bits per heavy atom. The molecular formula is C19H25N5O2. The first-order chi connectivity index (χ1) is 12.7. The van der Waals surface area contributed by atoms with Crippen LogP contribution in [0.25, 0.3) is 0 Å². The SMILES string of the molecule is CCN(Cc1ccncc1)C(=O)[C@@H]1Cc2[nH]cnc2C2(CCOCC2)N1. The maximum absolute atomic E-state index is 13.3. The van der Waals surface area contributed by atoms with Crippen molar-refractivity contribution in [2.75, 3.05) is 19.8 Å². The van der Waals surface area contributed by atoms with Crippen LogP contribution in [0.5, 0.6) is 0 Å². The minimum atomic E-state index is -0.262. The van der Waals surface area contributed by atoms with Gasteiger partial charge < -0.3 is 14.6 Å². The van der Waals surface area contributed by atoms with Crippen LogP contribution in [0.2, 0.25) is 0 Å². The smallest absolute Gasteiger partial charge is 0.240 e. The number of carbonyl (C=O) groups excluding carboxylic acids is 1. The maximum atomic E-state index is 13.3. The molecule has 1 spiro atoms. The molecule has 1 fully saturated rings. The standard InChI is InChI=1S/C19H25N5O2/c1-2-24(12-14-3-7-20-8-4-14)18(25)16-11-15-17(22-13-21-15)19(23-16)5-9-26-10-6-19/h3-4,7-8,13,16,23H,2,5-6,9-12H2,1H3,(H,21,22)/t16-/m0/s1. The fourth-order valence-corrected chi connectivity index (χ4v) is 4.07. The number of imidazole rings is 1. The van der Waals surface area contributed by atoms with Gasteiger partial charge in [-0.3, -0.25) is 15.1 Å². The van der Waals surface area contributed by atoms with E-state index >= 15 is 0 Å². The molecule has 26 heavy (non-hydrogen) atoms. The summed E-state index contributed by atoms with van der Waals surface area (Å²) in [5.74, 6) is 0.135. The van der Waals surface area contributed by atoms with Gasteiger partial charge in [0.05, 0.1) is 23.6 Å². The molecule has 1 saturated heterocycles. The predicted molar refractivity (Wildman–Crippen MR) is 96.3 cm³/mol. The molecule has 2 aromatic rings. The van der Waals surface area contributed by atoms with Crippen molar-refractivity contribution in [3.8, 4) is 0 Å². The van der Waals surface area contributed by atoms with E-state index in [0.29, 0.717) is 32.7 Å². The molecule has 4 rings (SSSR count). The van der Waals surface area contributed by atoms with E-state index in [1.165, 1.54) is 0 Å². The van der Waals surface area contributed by atoms with Crippen molar-refractivity contribution in [1.82, 2.24) is 25.2 Å². The lowest BCUT2D eigenvalue weighted by molar-refractivity contribution is -0.135. The van der Waals surface area contributed by atoms with Crippen LogP contribution in [-0.4, -0.2) is 51.6 Å². The molecule has 0 radical (unpaired) electrons. The lowest BCUT2D eigenvalue weighted by Crippen LogP contribution is -2.60. The number of nitrogens with zero attached hydrogens (tertiary/aromatic N) is 3. The summed E-state index contributed by atoms with van der Waals surface area (Å²) in [5.41, 5.74) is 2.96. The van der Waals surface area contributed by atoms with Crippen LogP contribution in [-0.2, 0) is 28.0 Å². The Kier molecular flexibility index (Phi) is 4.74. The molecule has 4 heterocycles. The van der Waals surface area contributed by atoms with Gasteiger partial charge in [-0.05, 0) is 37.5 Å². The Balaban J connectivity index is 1.56. The van der Waals surface area contributed by atoms with E-state index in [1.807, 2.05) is 24.0 Å². The summed E-state index contributed by atoms with van der Waals surface area (Å²) < 4.78 is 5.55. The summed E-state index contributed by atoms with van der Waals surface area (Å²) in [6.45, 7) is 4.67. The number of fused-ring (bicyclic) bond motifs is 2. The molecule has 0 aromatic carbocycles. The highest BCUT2D eigenvalue weighted by Crippen LogP contribution is 2.37. The van der Waals surface area contributed by atoms with E-state index in [0.717, 1.165) is 29.8 Å². The third-order valence-corrected chi connectivity index (χ3v) is 5.49. The molecule has 0 saturated carbocycles. The topological polar surface area (TPSA) is 83.1 Å². The van der Waals surface area contributed by atoms with E-state index in [1.54, 1.807) is 18.7 Å². The van der Waals surface area contributed by atoms with Crippen molar-refractivity contribution in [2.45, 2.75) is 44.3 Å². The molecule has 2 aromatic heterocycles. The number of hydrogen-bond acceptors (Lipinski definition) is 5. The fourth-order valence-electron chi connectivity index (χ4n) is 4.07. The zero-order valence-corrected chi connectivity index (χ0v) is 15.1. The number of aromatic amines is 1. The number of aromatic nitrogens is 3. The van der Waals surface area contributed by atoms with Crippen molar-refractivity contribution in [1.29, 1.82) is 0 Å². The van der Waals surface area contributed by atoms with Crippen LogP contribution >= 0.6 is 0 Å². The zero-order chi connectivity index (χ0) is 18.0. The number of pyridine rings is 1. The van der Waals surface area contributed by atoms with Gasteiger partial charge in [-0.25, -0.2) is 4.98 Å². The van der Waals surface area contributed by atoms with Crippen molar-refractivity contribution in [2.24, 2.45) is 0 Å². The van der Waals surface area contributed by atoms with Crippen molar-refractivity contribution >= 4 is 5.91 Å². The average Bonchev–Trinajstić information content (AvgIpc) is 3.17. The first-order valence-corrected chi connectivity index (χ1v) is 9.28. The normalized spacial score (nSPS) is 21.3. The molecule has 1 amide bonds. The van der Waals surface area contributed by atoms with Crippen LogP contribution in [0, 0.1) is 0 Å². The van der Waals surface area contributed by atoms with Gasteiger partial charge in [0.25, 0.3) is 0 Å². The second-order valence-corrected chi connectivity index (χ2v) is 7.03. The van der Waals surface area contributed by atoms with E-state index in [-0.39, 0.29) is 17.5 Å². The number of rotatable bonds is 4. The molecular weight excluding hydrogens is 330 g/mol. The average molecular weight is 355 g/mol. The second-order valence-electron chi connectivity index (χ2n) is 7.03. The highest BCUT2D eigenvalue weighted by Gasteiger charge is 2.45. The minimum absolute atomic E-state index is 0.135. The van der Waals surface area contributed by atoms with Gasteiger partial charge in [0.1, 0.15) is 0 Å². The number of nitrogens with one attached hydrogen (secondary N) is 2. The fraction of sp³-hybridized carbons (Fsp3) is 0.526. The van der Waals surface area contributed by atoms with E-state index in [4.69, 9.17) is 4.74 Å². The number of likely N-dealkylation sites (N-methyl/N-ethyl adjacent to an activating group) is 1. The number of H-pyrrole nitrogens is 1. The Morgan fingerprint density at radius 3 is 2.85 bits per heavy atom. The third-order valence-electron chi connectivity index (χ3n) is 5.49. The minimum Gasteiger partial charge on any atom is -0.381 e. The molecule has 1 atom stereocenters. The Labute approximate surface area is 153 Å². The van der Waals surface area contributed by atoms with Crippen molar-refractivity contribution in [3.05, 3.63) is 47.8 Å². The molecule has 2 aliphatic rings. The van der Waals surface area contributed by atoms with E-state index < -0.39 is 0 Å². The van der Waals surface area contributed by atoms with Gasteiger partial charge in [-0.2, -0.15) is 0 Å². The largest absolute Gasteiger partial charge is 0.381 e. The molecule has 138 valence electrons. The van der Waals surface area contributed by atoms with Crippen LogP contribution in [0.15, 0.2) is 30.9 Å². The van der Waals surface area contributed by atoms with Gasteiger partial charge >= 0.3 is 0 Å². The summed E-state index contributed by atoms with van der Waals surface area (Å²) in [7, 11) is 0. The first kappa shape index (κ1) is 17.2. The summed E-state index contributed by atoms with van der Waals surface area (Å²) in [4.78, 5) is 27.0. The van der Waals surface area contributed by atoms with Gasteiger partial charge in [0.15, 0.2) is 0 Å². The number of amides is 1. The quantitative estimate of drug-likeness (QED) is 0.866. The second kappa shape index (κ2) is 7.17. The summed E-state index contributed by atoms with van der Waals surface area (Å²) in [6, 6.07) is 3.66. The van der Waals surface area contributed by atoms with Crippen LogP contribution in [0.3, 0.4) is 0 Å². The van der Waals surface area contributed by atoms with Gasteiger partial charge in [0.2, 0.25) is 5.91 Å². The molecule has 2 aliphatic heterocycles. The van der Waals surface area contributed by atoms with E-state index in [9.17, 15) is 4.79 Å². The zero-order valence-electron chi connectivity index (χ0n) is 15.1. The van der Waals surface area contributed by atoms with Gasteiger partial charge in [-0.15, -0.1) is 0 Å². The molecule has 2 N–H and O–H groups in total. The summed E-state index contributed by atoms with van der Waals surface area (Å²) >= 11 is 0. The Hall–Kier alpha value is -2.25. The number of hydrogen-bond donors (Lipinski definition) is 2. The number of carbonyl (C=O) groups is 1. The molecule has 7 heteroatoms. The summed E-state index contributed by atoms with van der Waals surface area (Å²) in [6.07, 6.45) is 7.59. The van der Waals surface area contributed by atoms with Gasteiger partial charge in [-0.1, -0.05) is 0 Å². The van der Waals surface area contributed by atoms with Crippen LogP contribution < -0.4 is 5.32 Å². The summed E-state index contributed by atoms with van der Waals surface area (Å²) in [5, 5.41) is 3.65. The molecule has 0 bridgehead atoms. The highest BCUT2D eigenvalue weighted by atomic mass is 16.5. The van der Waals surface area contributed by atoms with Crippen LogP contribution in [0.1, 0.15) is 36.7 Å². The Bertz CT molecular complexity index is 754. The first-order valence-electron chi connectivity index (χ1n) is 9.28. The van der Waals surface area contributed by atoms with Crippen molar-refractivity contribution in [3.63, 3.8) is 0 Å². The lowest BCUT2D eigenvalue weighted by atomic mass is 9.80. The monoisotopic (exact) mass is 355 g/mol. The van der Waals surface area contributed by atoms with E-state index in [2.05, 4.69) is 20.3 Å². The van der Waals surface area contributed by atoms with Gasteiger partial charge in [0, 0.05) is 50.8 Å². The number of ether oxygens (including phenoxy) is 1. The third kappa shape index (κ3) is 3.12. The lowest BCUT2D eigenvalue weighted by Gasteiger charge is -2.44. The molecule has 7 nitrogen and oxygen atoms in total. The highest BCUT2D eigenvalue weighted by molar-refractivity contribution is 5.82.